The smallest absolute Gasteiger partial charge is 0.173 e. The van der Waals surface area contributed by atoms with Crippen LogP contribution in [0, 0.1) is 5.82 Å². The molecular formula is C22H32ClFN6. The van der Waals surface area contributed by atoms with Crippen LogP contribution in [0.1, 0.15) is 74.8 Å². The minimum Gasteiger partial charge on any atom is -0.298 e. The lowest BCUT2D eigenvalue weighted by Gasteiger charge is -2.41. The van der Waals surface area contributed by atoms with E-state index in [0.717, 1.165) is 56.5 Å². The van der Waals surface area contributed by atoms with Crippen molar-refractivity contribution in [3.05, 3.63) is 41.5 Å². The summed E-state index contributed by atoms with van der Waals surface area (Å²) in [6.07, 6.45) is 10.2. The van der Waals surface area contributed by atoms with Crippen LogP contribution >= 0.6 is 12.4 Å². The predicted octanol–water partition coefficient (Wildman–Crippen LogP) is 4.00. The summed E-state index contributed by atoms with van der Waals surface area (Å²) in [6.45, 7) is 4.17. The van der Waals surface area contributed by atoms with E-state index in [1.807, 2.05) is 12.1 Å². The van der Waals surface area contributed by atoms with Gasteiger partial charge in [0.05, 0.1) is 12.1 Å². The Balaban J connectivity index is 0.00000218. The van der Waals surface area contributed by atoms with Crippen LogP contribution in [0.25, 0.3) is 0 Å². The van der Waals surface area contributed by atoms with Crippen molar-refractivity contribution in [2.45, 2.75) is 69.5 Å². The maximum Gasteiger partial charge on any atom is 0.173 e. The Morgan fingerprint density at radius 2 is 1.43 bits per heavy atom. The fourth-order valence-electron chi connectivity index (χ4n) is 5.59. The molecule has 2 saturated carbocycles. The average Bonchev–Trinajstić information content (AvgIpc) is 3.52. The zero-order chi connectivity index (χ0) is 19.6. The van der Waals surface area contributed by atoms with E-state index in [-0.39, 0.29) is 24.3 Å². The molecule has 30 heavy (non-hydrogen) atoms. The van der Waals surface area contributed by atoms with E-state index < -0.39 is 0 Å². The number of hydrogen-bond donors (Lipinski definition) is 0. The van der Waals surface area contributed by atoms with Crippen LogP contribution in [0.4, 0.5) is 4.39 Å². The Morgan fingerprint density at radius 1 is 0.833 bits per heavy atom. The van der Waals surface area contributed by atoms with Crippen LogP contribution in [0.5, 0.6) is 0 Å². The Bertz CT molecular complexity index is 792. The van der Waals surface area contributed by atoms with Crippen molar-refractivity contribution < 1.29 is 4.39 Å². The molecule has 0 bridgehead atoms. The summed E-state index contributed by atoms with van der Waals surface area (Å²) in [7, 11) is 0. The largest absolute Gasteiger partial charge is 0.298 e. The topological polar surface area (TPSA) is 50.1 Å². The predicted molar refractivity (Wildman–Crippen MR) is 116 cm³/mol. The maximum absolute atomic E-state index is 13.6. The van der Waals surface area contributed by atoms with Crippen LogP contribution in [0.2, 0.25) is 0 Å². The summed E-state index contributed by atoms with van der Waals surface area (Å²) in [4.78, 5) is 5.17. The molecule has 6 nitrogen and oxygen atoms in total. The molecule has 3 fully saturated rings. The number of halogens is 2. The summed E-state index contributed by atoms with van der Waals surface area (Å²) < 4.78 is 15.7. The van der Waals surface area contributed by atoms with Crippen molar-refractivity contribution in [2.75, 3.05) is 26.2 Å². The summed E-state index contributed by atoms with van der Waals surface area (Å²) in [6, 6.07) is 8.06. The van der Waals surface area contributed by atoms with E-state index in [2.05, 4.69) is 30.0 Å². The number of nitrogens with zero attached hydrogens (tertiary/aromatic N) is 6. The van der Waals surface area contributed by atoms with Crippen LogP contribution in [0.3, 0.4) is 0 Å². The fraction of sp³-hybridized carbons (Fsp3) is 0.682. The minimum absolute atomic E-state index is 0. The van der Waals surface area contributed by atoms with Gasteiger partial charge in [-0.25, -0.2) is 9.07 Å². The molecule has 0 radical (unpaired) electrons. The highest BCUT2D eigenvalue weighted by Gasteiger charge is 2.34. The number of aromatic nitrogens is 4. The highest BCUT2D eigenvalue weighted by atomic mass is 35.5. The summed E-state index contributed by atoms with van der Waals surface area (Å²) in [5.41, 5.74) is 1.08. The molecule has 1 saturated heterocycles. The second kappa shape index (κ2) is 9.71. The zero-order valence-corrected chi connectivity index (χ0v) is 18.3. The van der Waals surface area contributed by atoms with Crippen molar-refractivity contribution in [1.29, 1.82) is 0 Å². The number of piperazine rings is 1. The normalized spacial score (nSPS) is 23.0. The van der Waals surface area contributed by atoms with E-state index in [9.17, 15) is 4.39 Å². The maximum atomic E-state index is 13.6. The Labute approximate surface area is 184 Å². The fourth-order valence-corrected chi connectivity index (χ4v) is 5.59. The van der Waals surface area contributed by atoms with Gasteiger partial charge in [-0.05, 0) is 53.8 Å². The molecule has 1 aliphatic heterocycles. The van der Waals surface area contributed by atoms with Gasteiger partial charge in [0.2, 0.25) is 0 Å². The molecule has 1 aromatic heterocycles. The molecule has 2 heterocycles. The monoisotopic (exact) mass is 434 g/mol. The molecule has 5 rings (SSSR count). The molecular weight excluding hydrogens is 403 g/mol. The number of hydrogen-bond acceptors (Lipinski definition) is 5. The van der Waals surface area contributed by atoms with E-state index in [1.165, 1.54) is 38.5 Å². The summed E-state index contributed by atoms with van der Waals surface area (Å²) >= 11 is 0. The molecule has 0 N–H and O–H groups in total. The van der Waals surface area contributed by atoms with Gasteiger partial charge in [-0.15, -0.1) is 17.5 Å². The van der Waals surface area contributed by atoms with Crippen molar-refractivity contribution in [3.63, 3.8) is 0 Å². The molecule has 8 heteroatoms. The van der Waals surface area contributed by atoms with Crippen LogP contribution in [-0.2, 0) is 0 Å². The molecule has 1 atom stereocenters. The zero-order valence-electron chi connectivity index (χ0n) is 17.5. The first-order chi connectivity index (χ1) is 14.3. The molecule has 1 unspecified atom stereocenters. The van der Waals surface area contributed by atoms with Gasteiger partial charge >= 0.3 is 0 Å². The third-order valence-electron chi connectivity index (χ3n) is 7.17. The van der Waals surface area contributed by atoms with Crippen molar-refractivity contribution in [2.24, 2.45) is 0 Å². The van der Waals surface area contributed by atoms with Gasteiger partial charge in [-0.1, -0.05) is 37.8 Å². The highest BCUT2D eigenvalue weighted by molar-refractivity contribution is 5.85. The second-order valence-electron chi connectivity index (χ2n) is 8.88. The number of rotatable bonds is 5. The van der Waals surface area contributed by atoms with Gasteiger partial charge < -0.3 is 0 Å². The van der Waals surface area contributed by atoms with Gasteiger partial charge in [0, 0.05) is 32.2 Å². The first-order valence-electron chi connectivity index (χ1n) is 11.3. The van der Waals surface area contributed by atoms with Crippen LogP contribution in [0.15, 0.2) is 24.3 Å². The summed E-state index contributed by atoms with van der Waals surface area (Å²) in [5, 5.41) is 12.9. The lowest BCUT2D eigenvalue weighted by Crippen LogP contribution is -2.51. The van der Waals surface area contributed by atoms with Gasteiger partial charge in [-0.2, -0.15) is 0 Å². The van der Waals surface area contributed by atoms with Crippen molar-refractivity contribution in [1.82, 2.24) is 30.0 Å². The third kappa shape index (κ3) is 4.39. The van der Waals surface area contributed by atoms with E-state index in [1.54, 1.807) is 12.1 Å². The second-order valence-corrected chi connectivity index (χ2v) is 8.88. The van der Waals surface area contributed by atoms with Crippen molar-refractivity contribution in [3.8, 4) is 0 Å². The number of tetrazole rings is 1. The number of benzene rings is 1. The molecule has 164 valence electrons. The molecule has 0 spiro atoms. The highest BCUT2D eigenvalue weighted by Crippen LogP contribution is 2.35. The lowest BCUT2D eigenvalue weighted by atomic mass is 10.0. The van der Waals surface area contributed by atoms with Crippen LogP contribution in [-0.4, -0.2) is 62.2 Å². The first kappa shape index (κ1) is 21.7. The molecule has 1 aromatic carbocycles. The van der Waals surface area contributed by atoms with E-state index in [0.29, 0.717) is 6.04 Å². The standard InChI is InChI=1S/C22H31FN6.ClH/c23-18-11-9-17(10-12-18)21(22-24-25-26-29(22)20-7-3-4-8-20)28-15-13-27(14-16-28)19-5-1-2-6-19;/h9-12,19-21H,1-8,13-16H2;1H. The Kier molecular flexibility index (Phi) is 7.01. The Morgan fingerprint density at radius 3 is 2.07 bits per heavy atom. The van der Waals surface area contributed by atoms with Gasteiger partial charge in [0.1, 0.15) is 5.82 Å². The van der Waals surface area contributed by atoms with Crippen molar-refractivity contribution >= 4 is 12.4 Å². The summed E-state index contributed by atoms with van der Waals surface area (Å²) in [5.74, 6) is 0.715. The molecule has 2 aliphatic carbocycles. The van der Waals surface area contributed by atoms with Gasteiger partial charge in [-0.3, -0.25) is 9.80 Å². The van der Waals surface area contributed by atoms with E-state index in [4.69, 9.17) is 0 Å². The Hall–Kier alpha value is -1.57. The van der Waals surface area contributed by atoms with Crippen LogP contribution < -0.4 is 0 Å². The average molecular weight is 435 g/mol. The molecule has 0 amide bonds. The minimum atomic E-state index is -0.200. The first-order valence-corrected chi connectivity index (χ1v) is 11.3. The molecule has 2 aromatic rings. The quantitative estimate of drug-likeness (QED) is 0.711. The van der Waals surface area contributed by atoms with Gasteiger partial charge in [0.15, 0.2) is 5.82 Å². The van der Waals surface area contributed by atoms with Gasteiger partial charge in [0.25, 0.3) is 0 Å². The lowest BCUT2D eigenvalue weighted by molar-refractivity contribution is 0.0764. The third-order valence-corrected chi connectivity index (χ3v) is 7.17. The SMILES string of the molecule is Cl.Fc1ccc(C(c2nnnn2C2CCCC2)N2CCN(C3CCCC3)CC2)cc1. The van der Waals surface area contributed by atoms with E-state index >= 15 is 0 Å². The molecule has 3 aliphatic rings.